The van der Waals surface area contributed by atoms with Crippen LogP contribution in [-0.4, -0.2) is 14.1 Å². The fourth-order valence-electron chi connectivity index (χ4n) is 2.37. The third-order valence-electron chi connectivity index (χ3n) is 3.93. The van der Waals surface area contributed by atoms with Gasteiger partial charge in [-0.3, -0.25) is 0 Å². The summed E-state index contributed by atoms with van der Waals surface area (Å²) in [7, 11) is 3.99. The predicted octanol–water partition coefficient (Wildman–Crippen LogP) is 7.03. The molecule has 5 nitrogen and oxygen atoms in total. The van der Waals surface area contributed by atoms with Gasteiger partial charge < -0.3 is 4.90 Å². The molecule has 136 valence electrons. The maximum absolute atomic E-state index is 12.9. The number of nitrogens with zero attached hydrogens (tertiary/aromatic N) is 5. The zero-order valence-electron chi connectivity index (χ0n) is 15.5. The molecule has 0 fully saturated rings. The Labute approximate surface area is 157 Å². The Morgan fingerprint density at radius 1 is 0.667 bits per heavy atom. The maximum Gasteiger partial charge on any atom is 0.123 e. The second-order valence-corrected chi connectivity index (χ2v) is 6.26. The molecule has 6 heteroatoms. The number of aryl methyl sites for hydroxylation is 1. The van der Waals surface area contributed by atoms with E-state index in [2.05, 4.69) is 20.5 Å². The van der Waals surface area contributed by atoms with Gasteiger partial charge in [0.25, 0.3) is 0 Å². The molecular formula is C21H20FN5. The third kappa shape index (κ3) is 5.04. The average Bonchev–Trinajstić information content (AvgIpc) is 2.67. The smallest absolute Gasteiger partial charge is 0.123 e. The van der Waals surface area contributed by atoms with Crippen LogP contribution in [0.4, 0.5) is 32.8 Å². The van der Waals surface area contributed by atoms with Crippen molar-refractivity contribution in [2.75, 3.05) is 19.0 Å². The van der Waals surface area contributed by atoms with Gasteiger partial charge in [-0.2, -0.15) is 20.5 Å². The van der Waals surface area contributed by atoms with Crippen molar-refractivity contribution < 1.29 is 4.39 Å². The zero-order valence-corrected chi connectivity index (χ0v) is 15.5. The lowest BCUT2D eigenvalue weighted by Gasteiger charge is -2.11. The Morgan fingerprint density at radius 2 is 1.19 bits per heavy atom. The normalized spacial score (nSPS) is 11.4. The zero-order chi connectivity index (χ0) is 19.2. The van der Waals surface area contributed by atoms with Crippen LogP contribution >= 0.6 is 0 Å². The first-order chi connectivity index (χ1) is 13.0. The highest BCUT2D eigenvalue weighted by molar-refractivity contribution is 5.55. The predicted molar refractivity (Wildman–Crippen MR) is 107 cm³/mol. The van der Waals surface area contributed by atoms with Gasteiger partial charge in [-0.1, -0.05) is 0 Å². The molecule has 3 aromatic carbocycles. The van der Waals surface area contributed by atoms with Crippen molar-refractivity contribution in [3.63, 3.8) is 0 Å². The van der Waals surface area contributed by atoms with E-state index in [1.165, 1.54) is 12.1 Å². The van der Waals surface area contributed by atoms with Gasteiger partial charge in [0, 0.05) is 19.8 Å². The van der Waals surface area contributed by atoms with E-state index in [4.69, 9.17) is 0 Å². The molecule has 0 radical (unpaired) electrons. The molecule has 0 aliphatic rings. The summed E-state index contributed by atoms with van der Waals surface area (Å²) in [5.74, 6) is -0.295. The Balaban J connectivity index is 1.71. The monoisotopic (exact) mass is 361 g/mol. The summed E-state index contributed by atoms with van der Waals surface area (Å²) in [6, 6.07) is 19.3. The van der Waals surface area contributed by atoms with E-state index in [0.717, 1.165) is 28.3 Å². The fourth-order valence-corrected chi connectivity index (χ4v) is 2.37. The van der Waals surface area contributed by atoms with Crippen molar-refractivity contribution in [3.05, 3.63) is 78.1 Å². The summed E-state index contributed by atoms with van der Waals surface area (Å²) in [5, 5.41) is 16.9. The standard InChI is InChI=1S/C21H20FN5/c1-15-14-19(25-23-18-8-11-20(12-9-18)27(2)3)10-13-21(15)26-24-17-6-4-16(22)5-7-17/h4-14H,1-3H3/b25-23+,26-24+. The van der Waals surface area contributed by atoms with Crippen LogP contribution < -0.4 is 4.90 Å². The highest BCUT2D eigenvalue weighted by Crippen LogP contribution is 2.27. The molecule has 0 atom stereocenters. The fraction of sp³-hybridized carbons (Fsp3) is 0.143. The molecular weight excluding hydrogens is 341 g/mol. The van der Waals surface area contributed by atoms with Gasteiger partial charge >= 0.3 is 0 Å². The lowest BCUT2D eigenvalue weighted by atomic mass is 10.2. The molecule has 3 aromatic rings. The minimum atomic E-state index is -0.295. The summed E-state index contributed by atoms with van der Waals surface area (Å²) in [6.45, 7) is 1.93. The Morgan fingerprint density at radius 3 is 1.78 bits per heavy atom. The minimum absolute atomic E-state index is 0.295. The van der Waals surface area contributed by atoms with Gasteiger partial charge in [0.1, 0.15) is 5.82 Å². The van der Waals surface area contributed by atoms with Crippen molar-refractivity contribution in [1.29, 1.82) is 0 Å². The highest BCUT2D eigenvalue weighted by atomic mass is 19.1. The summed E-state index contributed by atoms with van der Waals surface area (Å²) < 4.78 is 12.9. The van der Waals surface area contributed by atoms with Gasteiger partial charge in [0.05, 0.1) is 22.7 Å². The maximum atomic E-state index is 12.9. The first-order valence-electron chi connectivity index (χ1n) is 8.48. The van der Waals surface area contributed by atoms with Gasteiger partial charge in [0.2, 0.25) is 0 Å². The number of anilines is 1. The number of hydrogen-bond donors (Lipinski definition) is 0. The highest BCUT2D eigenvalue weighted by Gasteiger charge is 2.00. The number of benzene rings is 3. The molecule has 0 saturated carbocycles. The van der Waals surface area contributed by atoms with E-state index >= 15 is 0 Å². The van der Waals surface area contributed by atoms with Crippen molar-refractivity contribution in [1.82, 2.24) is 0 Å². The van der Waals surface area contributed by atoms with E-state index in [-0.39, 0.29) is 5.82 Å². The van der Waals surface area contributed by atoms with Crippen LogP contribution in [-0.2, 0) is 0 Å². The Bertz CT molecular complexity index is 961. The molecule has 0 heterocycles. The Hall–Kier alpha value is -3.41. The lowest BCUT2D eigenvalue weighted by Crippen LogP contribution is -2.07. The molecule has 0 aliphatic carbocycles. The van der Waals surface area contributed by atoms with E-state index in [1.807, 2.05) is 68.4 Å². The van der Waals surface area contributed by atoms with E-state index in [0.29, 0.717) is 5.69 Å². The topological polar surface area (TPSA) is 52.7 Å². The second-order valence-electron chi connectivity index (χ2n) is 6.26. The average molecular weight is 361 g/mol. The van der Waals surface area contributed by atoms with Crippen LogP contribution in [0.15, 0.2) is 87.2 Å². The molecule has 0 amide bonds. The number of hydrogen-bond acceptors (Lipinski definition) is 5. The number of azo groups is 2. The first-order valence-corrected chi connectivity index (χ1v) is 8.48. The molecule has 3 rings (SSSR count). The molecule has 0 unspecified atom stereocenters. The molecule has 0 N–H and O–H groups in total. The molecule has 0 bridgehead atoms. The summed E-state index contributed by atoms with van der Waals surface area (Å²) in [5.41, 5.74) is 4.90. The van der Waals surface area contributed by atoms with Gasteiger partial charge in [-0.05, 0) is 79.2 Å². The minimum Gasteiger partial charge on any atom is -0.378 e. The van der Waals surface area contributed by atoms with Crippen molar-refractivity contribution in [3.8, 4) is 0 Å². The van der Waals surface area contributed by atoms with Crippen LogP contribution in [0.2, 0.25) is 0 Å². The van der Waals surface area contributed by atoms with Gasteiger partial charge in [-0.15, -0.1) is 0 Å². The second kappa shape index (κ2) is 8.31. The van der Waals surface area contributed by atoms with Crippen LogP contribution in [0.25, 0.3) is 0 Å². The van der Waals surface area contributed by atoms with E-state index < -0.39 is 0 Å². The third-order valence-corrected chi connectivity index (χ3v) is 3.93. The number of rotatable bonds is 5. The van der Waals surface area contributed by atoms with Gasteiger partial charge in [0.15, 0.2) is 0 Å². The molecule has 0 spiro atoms. The van der Waals surface area contributed by atoms with E-state index in [1.54, 1.807) is 12.1 Å². The van der Waals surface area contributed by atoms with Crippen molar-refractivity contribution in [2.45, 2.75) is 6.92 Å². The van der Waals surface area contributed by atoms with Crippen molar-refractivity contribution >= 4 is 28.4 Å². The lowest BCUT2D eigenvalue weighted by molar-refractivity contribution is 0.628. The van der Waals surface area contributed by atoms with Crippen LogP contribution in [0.1, 0.15) is 5.56 Å². The summed E-state index contributed by atoms with van der Waals surface area (Å²) >= 11 is 0. The first kappa shape index (κ1) is 18.4. The molecule has 0 aliphatic heterocycles. The largest absolute Gasteiger partial charge is 0.378 e. The van der Waals surface area contributed by atoms with Gasteiger partial charge in [-0.25, -0.2) is 4.39 Å². The van der Waals surface area contributed by atoms with Crippen molar-refractivity contribution in [2.24, 2.45) is 20.5 Å². The molecule has 27 heavy (non-hydrogen) atoms. The SMILES string of the molecule is Cc1cc(/N=N/c2ccc(N(C)C)cc2)ccc1/N=N/c1ccc(F)cc1. The molecule has 0 aromatic heterocycles. The van der Waals surface area contributed by atoms with Crippen LogP contribution in [0.5, 0.6) is 0 Å². The van der Waals surface area contributed by atoms with Crippen LogP contribution in [0, 0.1) is 12.7 Å². The number of halogens is 1. The summed E-state index contributed by atoms with van der Waals surface area (Å²) in [4.78, 5) is 2.03. The van der Waals surface area contributed by atoms with Crippen LogP contribution in [0.3, 0.4) is 0 Å². The van der Waals surface area contributed by atoms with E-state index in [9.17, 15) is 4.39 Å². The summed E-state index contributed by atoms with van der Waals surface area (Å²) in [6.07, 6.45) is 0. The quantitative estimate of drug-likeness (QED) is 0.450. The molecule has 0 saturated heterocycles. The Kier molecular flexibility index (Phi) is 5.66.